The first-order valence-corrected chi connectivity index (χ1v) is 17.4. The van der Waals surface area contributed by atoms with Crippen molar-refractivity contribution in [2.75, 3.05) is 0 Å². The monoisotopic (exact) mass is 658 g/mol. The molecule has 238 valence electrons. The molecule has 11 aromatic rings. The number of hydrogen-bond acceptors (Lipinski definition) is 2. The Morgan fingerprint density at radius 1 is 0.346 bits per heavy atom. The van der Waals surface area contributed by atoms with Gasteiger partial charge in [-0.2, -0.15) is 10.5 Å². The summed E-state index contributed by atoms with van der Waals surface area (Å²) in [4.78, 5) is 0. The molecule has 0 aliphatic heterocycles. The van der Waals surface area contributed by atoms with Gasteiger partial charge in [0.05, 0.1) is 39.0 Å². The standard InChI is InChI=1S/C48H26N4/c49-27-29-25-26-43(51-41-23-11-9-21-38(41)44-34-17-5-1-13-30(34)32-15-3-7-19-36(32)47(44)51)40(28-50)46(29)52-42-24-12-10-22-39(42)45-35-18-6-2-14-31(35)33-16-4-8-20-37(33)48(45)52/h1-26H. The zero-order valence-electron chi connectivity index (χ0n) is 27.8. The number of benzene rings is 9. The molecule has 0 fully saturated rings. The molecule has 2 heterocycles. The zero-order chi connectivity index (χ0) is 34.5. The van der Waals surface area contributed by atoms with E-state index in [0.717, 1.165) is 76.2 Å². The van der Waals surface area contributed by atoms with E-state index < -0.39 is 0 Å². The Balaban J connectivity index is 1.38. The molecule has 0 amide bonds. The fraction of sp³-hybridized carbons (Fsp3) is 0. The average molecular weight is 659 g/mol. The summed E-state index contributed by atoms with van der Waals surface area (Å²) >= 11 is 0. The molecule has 11 rings (SSSR count). The summed E-state index contributed by atoms with van der Waals surface area (Å²) in [5.74, 6) is 0. The van der Waals surface area contributed by atoms with Gasteiger partial charge in [0, 0.05) is 32.3 Å². The van der Waals surface area contributed by atoms with Crippen molar-refractivity contribution in [1.82, 2.24) is 9.13 Å². The van der Waals surface area contributed by atoms with Gasteiger partial charge < -0.3 is 9.13 Å². The van der Waals surface area contributed by atoms with Crippen molar-refractivity contribution in [2.24, 2.45) is 0 Å². The van der Waals surface area contributed by atoms with E-state index in [4.69, 9.17) is 0 Å². The van der Waals surface area contributed by atoms with Crippen molar-refractivity contribution in [2.45, 2.75) is 0 Å². The van der Waals surface area contributed by atoms with E-state index in [-0.39, 0.29) is 0 Å². The highest BCUT2D eigenvalue weighted by Crippen LogP contribution is 2.46. The molecule has 4 nitrogen and oxygen atoms in total. The first-order chi connectivity index (χ1) is 25.8. The SMILES string of the molecule is N#Cc1ccc(-n2c3ccccc3c3c4ccccc4c4ccccc4c32)c(C#N)c1-n1c2ccccc2c2c3ccccc3c3ccccc3c21. The first kappa shape index (κ1) is 28.4. The molecule has 0 spiro atoms. The molecule has 4 heteroatoms. The van der Waals surface area contributed by atoms with Crippen LogP contribution in [0.25, 0.3) is 98.1 Å². The quantitative estimate of drug-likeness (QED) is 0.174. The summed E-state index contributed by atoms with van der Waals surface area (Å²) in [6, 6.07) is 59.9. The number of aromatic nitrogens is 2. The molecule has 0 radical (unpaired) electrons. The maximum absolute atomic E-state index is 11.4. The molecule has 0 N–H and O–H groups in total. The fourth-order valence-corrected chi connectivity index (χ4v) is 8.94. The van der Waals surface area contributed by atoms with Gasteiger partial charge in [0.1, 0.15) is 17.7 Å². The third-order valence-corrected chi connectivity index (χ3v) is 10.9. The predicted octanol–water partition coefficient (Wildman–Crippen LogP) is 12.2. The second kappa shape index (κ2) is 10.6. The lowest BCUT2D eigenvalue weighted by Gasteiger charge is -2.19. The Morgan fingerprint density at radius 3 is 1.21 bits per heavy atom. The van der Waals surface area contributed by atoms with Gasteiger partial charge in [0.15, 0.2) is 0 Å². The van der Waals surface area contributed by atoms with Gasteiger partial charge in [-0.15, -0.1) is 0 Å². The largest absolute Gasteiger partial charge is 0.307 e. The van der Waals surface area contributed by atoms with E-state index in [1.165, 1.54) is 16.2 Å². The summed E-state index contributed by atoms with van der Waals surface area (Å²) in [7, 11) is 0. The molecular weight excluding hydrogens is 633 g/mol. The number of fused-ring (bicyclic) bond motifs is 16. The van der Waals surface area contributed by atoms with Crippen molar-refractivity contribution >= 4 is 86.7 Å². The summed E-state index contributed by atoms with van der Waals surface area (Å²) in [5, 5.41) is 35.8. The van der Waals surface area contributed by atoms with Gasteiger partial charge in [0.25, 0.3) is 0 Å². The number of nitrogens with zero attached hydrogens (tertiary/aromatic N) is 4. The molecule has 0 aliphatic rings. The van der Waals surface area contributed by atoms with Gasteiger partial charge in [-0.1, -0.05) is 133 Å². The Kier molecular flexibility index (Phi) is 5.77. The van der Waals surface area contributed by atoms with Crippen LogP contribution in [0.4, 0.5) is 0 Å². The zero-order valence-corrected chi connectivity index (χ0v) is 27.8. The molecule has 2 aromatic heterocycles. The van der Waals surface area contributed by atoms with Crippen molar-refractivity contribution in [3.05, 3.63) is 169 Å². The molecule has 52 heavy (non-hydrogen) atoms. The third kappa shape index (κ3) is 3.58. The third-order valence-electron chi connectivity index (χ3n) is 10.9. The molecule has 0 bridgehead atoms. The summed E-state index contributed by atoms with van der Waals surface area (Å²) < 4.78 is 4.44. The van der Waals surface area contributed by atoms with Crippen molar-refractivity contribution in [3.8, 4) is 23.5 Å². The van der Waals surface area contributed by atoms with Crippen LogP contribution in [-0.2, 0) is 0 Å². The van der Waals surface area contributed by atoms with E-state index in [1.807, 2.05) is 18.2 Å². The predicted molar refractivity (Wildman–Crippen MR) is 215 cm³/mol. The molecule has 0 saturated carbocycles. The molecule has 0 saturated heterocycles. The van der Waals surface area contributed by atoms with E-state index in [1.54, 1.807) is 0 Å². The minimum Gasteiger partial charge on any atom is -0.307 e. The highest BCUT2D eigenvalue weighted by Gasteiger charge is 2.26. The Hall–Kier alpha value is -7.40. The van der Waals surface area contributed by atoms with Crippen LogP contribution >= 0.6 is 0 Å². The van der Waals surface area contributed by atoms with Crippen LogP contribution in [-0.4, -0.2) is 9.13 Å². The highest BCUT2D eigenvalue weighted by atomic mass is 15.0. The Labute approximate surface area is 297 Å². The number of hydrogen-bond donors (Lipinski definition) is 0. The average Bonchev–Trinajstić information content (AvgIpc) is 3.75. The lowest BCUT2D eigenvalue weighted by Crippen LogP contribution is -2.07. The lowest BCUT2D eigenvalue weighted by atomic mass is 9.96. The first-order valence-electron chi connectivity index (χ1n) is 17.4. The summed E-state index contributed by atoms with van der Waals surface area (Å²) in [5.41, 5.74) is 6.19. The van der Waals surface area contributed by atoms with Crippen LogP contribution in [0.3, 0.4) is 0 Å². The second-order valence-corrected chi connectivity index (χ2v) is 13.4. The maximum Gasteiger partial charge on any atom is 0.104 e. The topological polar surface area (TPSA) is 57.4 Å². The molecular formula is C48H26N4. The van der Waals surface area contributed by atoms with Gasteiger partial charge in [-0.3, -0.25) is 0 Å². The van der Waals surface area contributed by atoms with Crippen LogP contribution in [0.1, 0.15) is 11.1 Å². The summed E-state index contributed by atoms with van der Waals surface area (Å²) in [6.45, 7) is 0. The molecule has 0 atom stereocenters. The van der Waals surface area contributed by atoms with Crippen LogP contribution in [0.2, 0.25) is 0 Å². The van der Waals surface area contributed by atoms with Gasteiger partial charge in [0.2, 0.25) is 0 Å². The van der Waals surface area contributed by atoms with Gasteiger partial charge in [-0.05, 0) is 56.6 Å². The lowest BCUT2D eigenvalue weighted by molar-refractivity contribution is 1.11. The molecule has 9 aromatic carbocycles. The van der Waals surface area contributed by atoms with Crippen LogP contribution in [0.5, 0.6) is 0 Å². The normalized spacial score (nSPS) is 11.8. The Morgan fingerprint density at radius 2 is 0.731 bits per heavy atom. The van der Waals surface area contributed by atoms with Gasteiger partial charge >= 0.3 is 0 Å². The highest BCUT2D eigenvalue weighted by molar-refractivity contribution is 6.33. The minimum absolute atomic E-state index is 0.441. The minimum atomic E-state index is 0.441. The van der Waals surface area contributed by atoms with E-state index in [2.05, 4.69) is 161 Å². The van der Waals surface area contributed by atoms with Crippen LogP contribution in [0, 0.1) is 22.7 Å². The van der Waals surface area contributed by atoms with Crippen LogP contribution in [0.15, 0.2) is 158 Å². The van der Waals surface area contributed by atoms with Crippen molar-refractivity contribution < 1.29 is 0 Å². The van der Waals surface area contributed by atoms with Crippen molar-refractivity contribution in [1.29, 1.82) is 10.5 Å². The maximum atomic E-state index is 11.4. The Bertz CT molecular complexity index is 3440. The summed E-state index contributed by atoms with van der Waals surface area (Å²) in [6.07, 6.45) is 0. The number of rotatable bonds is 2. The molecule has 0 unspecified atom stereocenters. The fourth-order valence-electron chi connectivity index (χ4n) is 8.94. The van der Waals surface area contributed by atoms with E-state index in [9.17, 15) is 10.5 Å². The molecule has 0 aliphatic carbocycles. The smallest absolute Gasteiger partial charge is 0.104 e. The number of nitriles is 2. The second-order valence-electron chi connectivity index (χ2n) is 13.4. The van der Waals surface area contributed by atoms with Gasteiger partial charge in [-0.25, -0.2) is 0 Å². The van der Waals surface area contributed by atoms with E-state index >= 15 is 0 Å². The van der Waals surface area contributed by atoms with Crippen LogP contribution < -0.4 is 0 Å². The number of para-hydroxylation sites is 2. The van der Waals surface area contributed by atoms with E-state index in [0.29, 0.717) is 16.8 Å². The van der Waals surface area contributed by atoms with Crippen molar-refractivity contribution in [3.63, 3.8) is 0 Å².